The molecule has 1 aromatic rings. The van der Waals surface area contributed by atoms with Crippen molar-refractivity contribution in [1.82, 2.24) is 15.5 Å². The molecule has 0 atom stereocenters. The van der Waals surface area contributed by atoms with Crippen molar-refractivity contribution in [2.75, 3.05) is 32.8 Å². The summed E-state index contributed by atoms with van der Waals surface area (Å²) in [5, 5.41) is 6.38. The lowest BCUT2D eigenvalue weighted by atomic mass is 10.1. The summed E-state index contributed by atoms with van der Waals surface area (Å²) < 4.78 is 5.97. The maximum Gasteiger partial charge on any atom is 0.409 e. The summed E-state index contributed by atoms with van der Waals surface area (Å²) in [7, 11) is 0. The van der Waals surface area contributed by atoms with E-state index in [2.05, 4.69) is 26.6 Å². The smallest absolute Gasteiger partial charge is 0.409 e. The summed E-state index contributed by atoms with van der Waals surface area (Å²) >= 11 is 3.45. The zero-order valence-corrected chi connectivity index (χ0v) is 16.2. The highest BCUT2D eigenvalue weighted by atomic mass is 79.9. The number of hydrogen-bond acceptors (Lipinski definition) is 4. The summed E-state index contributed by atoms with van der Waals surface area (Å²) in [5.41, 5.74) is 0.985. The summed E-state index contributed by atoms with van der Waals surface area (Å²) in [6.07, 6.45) is 1.97. The molecular formula is C18H26BrN3O3. The van der Waals surface area contributed by atoms with Gasteiger partial charge in [-0.05, 0) is 31.4 Å². The first kappa shape index (κ1) is 19.7. The van der Waals surface area contributed by atoms with Gasteiger partial charge in [-0.15, -0.1) is 0 Å². The fourth-order valence-corrected chi connectivity index (χ4v) is 3.26. The monoisotopic (exact) mass is 411 g/mol. The van der Waals surface area contributed by atoms with E-state index in [1.807, 2.05) is 31.2 Å². The average Bonchev–Trinajstić information content (AvgIpc) is 2.61. The second kappa shape index (κ2) is 10.4. The number of hydrogen-bond donors (Lipinski definition) is 2. The third kappa shape index (κ3) is 6.66. The Labute approximate surface area is 157 Å². The molecule has 0 radical (unpaired) electrons. The van der Waals surface area contributed by atoms with Crippen LogP contribution in [0, 0.1) is 0 Å². The Balaban J connectivity index is 1.58. The zero-order chi connectivity index (χ0) is 18.1. The largest absolute Gasteiger partial charge is 0.450 e. The molecule has 1 heterocycles. The Morgan fingerprint density at radius 3 is 2.64 bits per heavy atom. The molecule has 6 nitrogen and oxygen atoms in total. The van der Waals surface area contributed by atoms with Crippen LogP contribution < -0.4 is 10.6 Å². The maximum atomic E-state index is 12.0. The van der Waals surface area contributed by atoms with Crippen LogP contribution in [0.5, 0.6) is 0 Å². The first-order valence-corrected chi connectivity index (χ1v) is 9.54. The van der Waals surface area contributed by atoms with Crippen LogP contribution in [0.3, 0.4) is 0 Å². The number of carbonyl (C=O) groups is 2. The number of halogens is 1. The predicted molar refractivity (Wildman–Crippen MR) is 100 cm³/mol. The van der Waals surface area contributed by atoms with E-state index < -0.39 is 0 Å². The molecule has 1 aromatic carbocycles. The van der Waals surface area contributed by atoms with Crippen molar-refractivity contribution in [3.63, 3.8) is 0 Å². The third-order valence-corrected chi connectivity index (χ3v) is 4.98. The number of rotatable bonds is 7. The molecule has 0 unspecified atom stereocenters. The lowest BCUT2D eigenvalue weighted by Gasteiger charge is -2.31. The molecule has 1 aliphatic heterocycles. The molecule has 1 aliphatic rings. The van der Waals surface area contributed by atoms with Gasteiger partial charge in [0.05, 0.1) is 13.0 Å². The molecule has 138 valence electrons. The molecule has 2 amide bonds. The van der Waals surface area contributed by atoms with Crippen molar-refractivity contribution < 1.29 is 14.3 Å². The molecule has 0 bridgehead atoms. The number of likely N-dealkylation sites (tertiary alicyclic amines) is 1. The van der Waals surface area contributed by atoms with Gasteiger partial charge < -0.3 is 20.3 Å². The molecule has 0 aromatic heterocycles. The fraction of sp³-hybridized carbons (Fsp3) is 0.556. The highest BCUT2D eigenvalue weighted by Crippen LogP contribution is 2.16. The zero-order valence-electron chi connectivity index (χ0n) is 14.6. The van der Waals surface area contributed by atoms with Gasteiger partial charge in [0.2, 0.25) is 5.91 Å². The minimum atomic E-state index is -0.222. The Morgan fingerprint density at radius 1 is 1.24 bits per heavy atom. The molecule has 2 rings (SSSR count). The summed E-state index contributed by atoms with van der Waals surface area (Å²) in [4.78, 5) is 25.4. The van der Waals surface area contributed by atoms with E-state index in [0.717, 1.165) is 29.4 Å². The number of nitrogens with one attached hydrogen (secondary N) is 2. The molecule has 25 heavy (non-hydrogen) atoms. The van der Waals surface area contributed by atoms with Gasteiger partial charge in [-0.3, -0.25) is 4.79 Å². The molecule has 7 heteroatoms. The quantitative estimate of drug-likeness (QED) is 0.675. The molecule has 0 saturated carbocycles. The third-order valence-electron chi connectivity index (χ3n) is 4.21. The van der Waals surface area contributed by atoms with Gasteiger partial charge in [0.25, 0.3) is 0 Å². The highest BCUT2D eigenvalue weighted by Gasteiger charge is 2.22. The van der Waals surface area contributed by atoms with Crippen molar-refractivity contribution in [2.45, 2.75) is 32.2 Å². The van der Waals surface area contributed by atoms with Crippen LogP contribution in [-0.2, 0) is 16.0 Å². The number of piperidine rings is 1. The lowest BCUT2D eigenvalue weighted by molar-refractivity contribution is -0.120. The molecule has 1 fully saturated rings. The average molecular weight is 412 g/mol. The predicted octanol–water partition coefficient (Wildman–Crippen LogP) is 2.32. The number of benzene rings is 1. The van der Waals surface area contributed by atoms with E-state index in [9.17, 15) is 9.59 Å². The maximum absolute atomic E-state index is 12.0. The van der Waals surface area contributed by atoms with Crippen LogP contribution in [0.1, 0.15) is 25.3 Å². The standard InChI is InChI=1S/C18H26BrN3O3/c1-2-25-18(24)22-11-7-15(8-12-22)20-9-10-21-17(23)13-14-5-3-4-6-16(14)19/h3-6,15,20H,2,7-13H2,1H3,(H,21,23). The Kier molecular flexibility index (Phi) is 8.21. The number of nitrogens with zero attached hydrogens (tertiary/aromatic N) is 1. The van der Waals surface area contributed by atoms with Crippen molar-refractivity contribution in [1.29, 1.82) is 0 Å². The molecule has 0 spiro atoms. The van der Waals surface area contributed by atoms with Crippen molar-refractivity contribution >= 4 is 27.9 Å². The summed E-state index contributed by atoms with van der Waals surface area (Å²) in [6, 6.07) is 8.12. The van der Waals surface area contributed by atoms with E-state index in [0.29, 0.717) is 38.7 Å². The number of carbonyl (C=O) groups excluding carboxylic acids is 2. The van der Waals surface area contributed by atoms with Gasteiger partial charge in [0.15, 0.2) is 0 Å². The lowest BCUT2D eigenvalue weighted by Crippen LogP contribution is -2.46. The SMILES string of the molecule is CCOC(=O)N1CCC(NCCNC(=O)Cc2ccccc2Br)CC1. The van der Waals surface area contributed by atoms with Gasteiger partial charge in [-0.25, -0.2) is 4.79 Å². The van der Waals surface area contributed by atoms with Crippen molar-refractivity contribution in [3.8, 4) is 0 Å². The van der Waals surface area contributed by atoms with E-state index in [1.54, 1.807) is 4.90 Å². The van der Waals surface area contributed by atoms with E-state index in [4.69, 9.17) is 4.74 Å². The first-order valence-electron chi connectivity index (χ1n) is 8.75. The minimum absolute atomic E-state index is 0.0193. The van der Waals surface area contributed by atoms with Crippen LogP contribution in [0.25, 0.3) is 0 Å². The number of amides is 2. The summed E-state index contributed by atoms with van der Waals surface area (Å²) in [6.45, 7) is 4.98. The van der Waals surface area contributed by atoms with Gasteiger partial charge in [-0.1, -0.05) is 34.1 Å². The van der Waals surface area contributed by atoms with Crippen LogP contribution in [0.15, 0.2) is 28.7 Å². The van der Waals surface area contributed by atoms with E-state index in [-0.39, 0.29) is 12.0 Å². The molecular weight excluding hydrogens is 386 g/mol. The normalized spacial score (nSPS) is 15.0. The molecule has 2 N–H and O–H groups in total. The van der Waals surface area contributed by atoms with Crippen molar-refractivity contribution in [2.24, 2.45) is 0 Å². The van der Waals surface area contributed by atoms with Crippen LogP contribution in [0.4, 0.5) is 4.79 Å². The van der Waals surface area contributed by atoms with Gasteiger partial charge in [0, 0.05) is 36.7 Å². The fourth-order valence-electron chi connectivity index (χ4n) is 2.84. The second-order valence-corrected chi connectivity index (χ2v) is 6.89. The van der Waals surface area contributed by atoms with E-state index in [1.165, 1.54) is 0 Å². The first-order chi connectivity index (χ1) is 12.1. The number of ether oxygens (including phenoxy) is 1. The highest BCUT2D eigenvalue weighted by molar-refractivity contribution is 9.10. The molecule has 0 aliphatic carbocycles. The van der Waals surface area contributed by atoms with Gasteiger partial charge in [0.1, 0.15) is 0 Å². The topological polar surface area (TPSA) is 70.7 Å². The molecule has 1 saturated heterocycles. The Morgan fingerprint density at radius 2 is 1.96 bits per heavy atom. The Bertz CT molecular complexity index is 574. The minimum Gasteiger partial charge on any atom is -0.450 e. The summed E-state index contributed by atoms with van der Waals surface area (Å²) in [5.74, 6) is 0.0193. The van der Waals surface area contributed by atoms with Crippen LogP contribution >= 0.6 is 15.9 Å². The van der Waals surface area contributed by atoms with Gasteiger partial charge in [-0.2, -0.15) is 0 Å². The van der Waals surface area contributed by atoms with Crippen molar-refractivity contribution in [3.05, 3.63) is 34.3 Å². The Hall–Kier alpha value is -1.60. The van der Waals surface area contributed by atoms with E-state index >= 15 is 0 Å². The van der Waals surface area contributed by atoms with Gasteiger partial charge >= 0.3 is 6.09 Å². The second-order valence-electron chi connectivity index (χ2n) is 6.03. The van der Waals surface area contributed by atoms with Crippen LogP contribution in [-0.4, -0.2) is 55.7 Å². The van der Waals surface area contributed by atoms with Crippen LogP contribution in [0.2, 0.25) is 0 Å².